The molecule has 2 N–H and O–H groups in total. The van der Waals surface area contributed by atoms with Crippen molar-refractivity contribution in [2.45, 2.75) is 33.1 Å². The summed E-state index contributed by atoms with van der Waals surface area (Å²) in [6.07, 6.45) is 4.69. The number of hydrogen-bond acceptors (Lipinski definition) is 6. The van der Waals surface area contributed by atoms with Gasteiger partial charge in [-0.15, -0.1) is 0 Å². The summed E-state index contributed by atoms with van der Waals surface area (Å²) in [5, 5.41) is 12.5. The molecule has 0 bridgehead atoms. The first-order valence-electron chi connectivity index (χ1n) is 7.27. The molecule has 0 spiro atoms. The minimum absolute atomic E-state index is 0.0919. The lowest BCUT2D eigenvalue weighted by Gasteiger charge is -2.25. The fourth-order valence-corrected chi connectivity index (χ4v) is 1.94. The minimum Gasteiger partial charge on any atom is -0.490 e. The molecule has 6 heteroatoms. The maximum Gasteiger partial charge on any atom is 0.204 e. The molecule has 1 aromatic heterocycles. The highest BCUT2D eigenvalue weighted by molar-refractivity contribution is 5.64. The van der Waals surface area contributed by atoms with Crippen LogP contribution in [0, 0.1) is 0 Å². The normalized spacial score (nSPS) is 10.4. The summed E-state index contributed by atoms with van der Waals surface area (Å²) in [7, 11) is 1.62. The zero-order valence-electron chi connectivity index (χ0n) is 12.7. The van der Waals surface area contributed by atoms with Gasteiger partial charge in [-0.2, -0.15) is 0 Å². The molecule has 0 saturated heterocycles. The largest absolute Gasteiger partial charge is 0.490 e. The molecule has 0 saturated carbocycles. The Morgan fingerprint density at radius 3 is 2.65 bits per heavy atom. The molecular formula is C14H26N4O2. The molecule has 6 nitrogen and oxygen atoms in total. The fraction of sp³-hybridized carbons (Fsp3) is 0.714. The number of ether oxygens (including phenoxy) is 1. The first-order valence-corrected chi connectivity index (χ1v) is 7.27. The maximum absolute atomic E-state index is 9.23. The second-order valence-corrected chi connectivity index (χ2v) is 4.57. The first-order chi connectivity index (χ1) is 9.78. The molecule has 0 fully saturated rings. The van der Waals surface area contributed by atoms with Crippen molar-refractivity contribution in [2.75, 3.05) is 43.6 Å². The van der Waals surface area contributed by atoms with Gasteiger partial charge < -0.3 is 20.1 Å². The van der Waals surface area contributed by atoms with Crippen molar-refractivity contribution in [3.05, 3.63) is 6.33 Å². The van der Waals surface area contributed by atoms with Gasteiger partial charge in [0.2, 0.25) is 5.75 Å². The molecule has 1 heterocycles. The van der Waals surface area contributed by atoms with E-state index in [1.807, 2.05) is 4.90 Å². The van der Waals surface area contributed by atoms with Crippen LogP contribution in [0.1, 0.15) is 33.1 Å². The summed E-state index contributed by atoms with van der Waals surface area (Å²) in [6, 6.07) is 0. The summed E-state index contributed by atoms with van der Waals surface area (Å²) in [5.41, 5.74) is 0. The van der Waals surface area contributed by atoms with Gasteiger partial charge in [0.1, 0.15) is 6.33 Å². The number of aliphatic hydroxyl groups excluding tert-OH is 1. The van der Waals surface area contributed by atoms with Crippen molar-refractivity contribution >= 4 is 11.6 Å². The van der Waals surface area contributed by atoms with Crippen LogP contribution in [0.4, 0.5) is 11.6 Å². The Morgan fingerprint density at radius 2 is 2.05 bits per heavy atom. The van der Waals surface area contributed by atoms with Gasteiger partial charge in [-0.3, -0.25) is 0 Å². The minimum atomic E-state index is 0.0919. The van der Waals surface area contributed by atoms with Gasteiger partial charge in [-0.25, -0.2) is 9.97 Å². The second-order valence-electron chi connectivity index (χ2n) is 4.57. The molecule has 0 unspecified atom stereocenters. The number of aliphatic hydroxyl groups is 1. The molecule has 0 amide bonds. The van der Waals surface area contributed by atoms with Gasteiger partial charge >= 0.3 is 0 Å². The SMILES string of the molecule is CCCCN(CCO)c1ncnc(NCCC)c1OC. The van der Waals surface area contributed by atoms with E-state index in [0.717, 1.165) is 38.2 Å². The number of aromatic nitrogens is 2. The van der Waals surface area contributed by atoms with Gasteiger partial charge in [0.15, 0.2) is 11.6 Å². The Hall–Kier alpha value is -1.56. The highest BCUT2D eigenvalue weighted by atomic mass is 16.5. The lowest BCUT2D eigenvalue weighted by atomic mass is 10.3. The monoisotopic (exact) mass is 282 g/mol. The Balaban J connectivity index is 2.99. The molecule has 1 rings (SSSR count). The van der Waals surface area contributed by atoms with Crippen molar-refractivity contribution in [3.8, 4) is 5.75 Å². The predicted octanol–water partition coefficient (Wildman–Crippen LogP) is 1.91. The van der Waals surface area contributed by atoms with E-state index in [-0.39, 0.29) is 6.61 Å². The molecule has 0 aromatic carbocycles. The number of nitrogens with zero attached hydrogens (tertiary/aromatic N) is 3. The Morgan fingerprint density at radius 1 is 1.25 bits per heavy atom. The third kappa shape index (κ3) is 4.52. The molecule has 1 aromatic rings. The van der Waals surface area contributed by atoms with E-state index in [9.17, 15) is 5.11 Å². The highest BCUT2D eigenvalue weighted by Gasteiger charge is 2.17. The van der Waals surface area contributed by atoms with Gasteiger partial charge in [-0.05, 0) is 12.8 Å². The number of hydrogen-bond donors (Lipinski definition) is 2. The van der Waals surface area contributed by atoms with E-state index in [0.29, 0.717) is 18.1 Å². The van der Waals surface area contributed by atoms with Crippen LogP contribution in [0.15, 0.2) is 6.33 Å². The number of nitrogens with one attached hydrogen (secondary N) is 1. The molecule has 0 radical (unpaired) electrons. The van der Waals surface area contributed by atoms with Crippen molar-refractivity contribution in [3.63, 3.8) is 0 Å². The van der Waals surface area contributed by atoms with Gasteiger partial charge in [-0.1, -0.05) is 20.3 Å². The summed E-state index contributed by atoms with van der Waals surface area (Å²) in [5.74, 6) is 2.09. The standard InChI is InChI=1S/C14H26N4O2/c1-4-6-8-18(9-10-19)14-12(20-3)13(15-7-5-2)16-11-17-14/h11,19H,4-10H2,1-3H3,(H,15,16,17). The molecule has 0 aliphatic carbocycles. The quantitative estimate of drug-likeness (QED) is 0.683. The lowest BCUT2D eigenvalue weighted by Crippen LogP contribution is -2.29. The molecule has 20 heavy (non-hydrogen) atoms. The van der Waals surface area contributed by atoms with E-state index in [2.05, 4.69) is 29.1 Å². The molecule has 114 valence electrons. The zero-order valence-corrected chi connectivity index (χ0v) is 12.7. The summed E-state index contributed by atoms with van der Waals surface area (Å²) in [6.45, 7) is 6.55. The molecule has 0 aliphatic rings. The number of anilines is 2. The Kier molecular flexibility index (Phi) is 7.72. The lowest BCUT2D eigenvalue weighted by molar-refractivity contribution is 0.300. The van der Waals surface area contributed by atoms with Crippen LogP contribution in [0.2, 0.25) is 0 Å². The van der Waals surface area contributed by atoms with Crippen LogP contribution >= 0.6 is 0 Å². The van der Waals surface area contributed by atoms with Crippen LogP contribution in [-0.2, 0) is 0 Å². The molecular weight excluding hydrogens is 256 g/mol. The Labute approximate surface area is 121 Å². The average Bonchev–Trinajstić information content (AvgIpc) is 2.48. The van der Waals surface area contributed by atoms with E-state index in [1.54, 1.807) is 7.11 Å². The zero-order chi connectivity index (χ0) is 14.8. The van der Waals surface area contributed by atoms with Crippen LogP contribution < -0.4 is 15.0 Å². The van der Waals surface area contributed by atoms with Gasteiger partial charge in [0.25, 0.3) is 0 Å². The Bertz CT molecular complexity index is 387. The van der Waals surface area contributed by atoms with Crippen molar-refractivity contribution in [1.29, 1.82) is 0 Å². The van der Waals surface area contributed by atoms with Crippen LogP contribution in [0.5, 0.6) is 5.75 Å². The second kappa shape index (κ2) is 9.36. The molecule has 0 aliphatic heterocycles. The number of rotatable bonds is 10. The average molecular weight is 282 g/mol. The first kappa shape index (κ1) is 16.5. The van der Waals surface area contributed by atoms with Gasteiger partial charge in [0.05, 0.1) is 13.7 Å². The van der Waals surface area contributed by atoms with E-state index < -0.39 is 0 Å². The van der Waals surface area contributed by atoms with Gasteiger partial charge in [0, 0.05) is 19.6 Å². The summed E-state index contributed by atoms with van der Waals surface area (Å²) in [4.78, 5) is 10.6. The number of unbranched alkanes of at least 4 members (excludes halogenated alkanes) is 1. The van der Waals surface area contributed by atoms with Crippen molar-refractivity contribution < 1.29 is 9.84 Å². The van der Waals surface area contributed by atoms with E-state index in [1.165, 1.54) is 6.33 Å². The van der Waals surface area contributed by atoms with E-state index >= 15 is 0 Å². The topological polar surface area (TPSA) is 70.5 Å². The maximum atomic E-state index is 9.23. The van der Waals surface area contributed by atoms with Crippen LogP contribution in [0.3, 0.4) is 0 Å². The smallest absolute Gasteiger partial charge is 0.204 e. The predicted molar refractivity (Wildman–Crippen MR) is 81.6 cm³/mol. The van der Waals surface area contributed by atoms with Crippen LogP contribution in [0.25, 0.3) is 0 Å². The highest BCUT2D eigenvalue weighted by Crippen LogP contribution is 2.31. The van der Waals surface area contributed by atoms with Crippen molar-refractivity contribution in [1.82, 2.24) is 9.97 Å². The fourth-order valence-electron chi connectivity index (χ4n) is 1.94. The summed E-state index contributed by atoms with van der Waals surface area (Å²) >= 11 is 0. The summed E-state index contributed by atoms with van der Waals surface area (Å²) < 4.78 is 5.47. The van der Waals surface area contributed by atoms with Crippen LogP contribution in [-0.4, -0.2) is 48.4 Å². The van der Waals surface area contributed by atoms with E-state index in [4.69, 9.17) is 4.74 Å². The van der Waals surface area contributed by atoms with Crippen molar-refractivity contribution in [2.24, 2.45) is 0 Å². The third-order valence-corrected chi connectivity index (χ3v) is 2.98. The molecule has 0 atom stereocenters. The number of methoxy groups -OCH3 is 1. The third-order valence-electron chi connectivity index (χ3n) is 2.98.